The summed E-state index contributed by atoms with van der Waals surface area (Å²) in [5, 5.41) is 15.1. The van der Waals surface area contributed by atoms with Crippen molar-refractivity contribution in [1.29, 1.82) is 0 Å². The molecule has 0 fully saturated rings. The third-order valence-corrected chi connectivity index (χ3v) is 4.21. The first-order chi connectivity index (χ1) is 12.2. The van der Waals surface area contributed by atoms with Crippen LogP contribution in [0.3, 0.4) is 0 Å². The number of hydrogen-bond donors (Lipinski definition) is 0. The molecule has 0 aliphatic heterocycles. The van der Waals surface area contributed by atoms with E-state index >= 15 is 0 Å². The number of non-ortho nitro benzene ring substituents is 1. The molecule has 0 aliphatic carbocycles. The number of rotatable bonds is 5. The Labute approximate surface area is 145 Å². The summed E-state index contributed by atoms with van der Waals surface area (Å²) in [4.78, 5) is 18.9. The number of nitro groups is 1. The zero-order valence-electron chi connectivity index (χ0n) is 12.7. The molecule has 0 aliphatic rings. The number of oxazole rings is 1. The second kappa shape index (κ2) is 6.36. The van der Waals surface area contributed by atoms with E-state index in [-0.39, 0.29) is 5.69 Å². The van der Waals surface area contributed by atoms with E-state index in [9.17, 15) is 10.1 Å². The molecule has 0 amide bonds. The van der Waals surface area contributed by atoms with Crippen molar-refractivity contribution in [3.05, 3.63) is 64.5 Å². The van der Waals surface area contributed by atoms with Gasteiger partial charge >= 0.3 is 0 Å². The largest absolute Gasteiger partial charge is 0.431 e. The lowest BCUT2D eigenvalue weighted by Gasteiger charge is -1.93. The van der Waals surface area contributed by atoms with Gasteiger partial charge in [-0.3, -0.25) is 10.1 Å². The Morgan fingerprint density at radius 1 is 1.08 bits per heavy atom. The van der Waals surface area contributed by atoms with Gasteiger partial charge in [-0.25, -0.2) is 4.98 Å². The van der Waals surface area contributed by atoms with Crippen LogP contribution in [0.5, 0.6) is 0 Å². The molecule has 8 nitrogen and oxygen atoms in total. The molecule has 0 atom stereocenters. The van der Waals surface area contributed by atoms with Crippen molar-refractivity contribution in [1.82, 2.24) is 15.1 Å². The van der Waals surface area contributed by atoms with Crippen LogP contribution in [0.15, 0.2) is 62.7 Å². The Balaban J connectivity index is 1.46. The Morgan fingerprint density at radius 3 is 2.64 bits per heavy atom. The smallest absolute Gasteiger partial charge is 0.269 e. The molecule has 0 radical (unpaired) electrons. The van der Waals surface area contributed by atoms with Gasteiger partial charge in [0.1, 0.15) is 5.52 Å². The standard InChI is InChI=1S/C16H10N4O4S/c21-20(22)11-7-5-10(6-8-11)15-18-14(24-19-15)9-25-16-17-12-3-1-2-4-13(12)23-16/h1-8H,9H2. The van der Waals surface area contributed by atoms with Crippen molar-refractivity contribution >= 4 is 28.5 Å². The van der Waals surface area contributed by atoms with Gasteiger partial charge in [0.05, 0.1) is 10.7 Å². The second-order valence-corrected chi connectivity index (χ2v) is 5.98. The van der Waals surface area contributed by atoms with Gasteiger partial charge in [0.2, 0.25) is 11.7 Å². The minimum absolute atomic E-state index is 0.0129. The van der Waals surface area contributed by atoms with Gasteiger partial charge in [0.25, 0.3) is 10.9 Å². The van der Waals surface area contributed by atoms with Crippen LogP contribution in [0, 0.1) is 10.1 Å². The van der Waals surface area contributed by atoms with Gasteiger partial charge in [-0.2, -0.15) is 4.98 Å². The highest BCUT2D eigenvalue weighted by Gasteiger charge is 2.13. The van der Waals surface area contributed by atoms with Gasteiger partial charge in [0, 0.05) is 17.7 Å². The molecule has 0 spiro atoms. The van der Waals surface area contributed by atoms with Crippen LogP contribution in [0.1, 0.15) is 5.89 Å². The van der Waals surface area contributed by atoms with E-state index in [1.807, 2.05) is 24.3 Å². The van der Waals surface area contributed by atoms with Crippen LogP contribution >= 0.6 is 11.8 Å². The summed E-state index contributed by atoms with van der Waals surface area (Å²) in [6.07, 6.45) is 0. The first-order valence-corrected chi connectivity index (χ1v) is 8.23. The molecule has 2 aromatic carbocycles. The third-order valence-electron chi connectivity index (χ3n) is 3.40. The molecular weight excluding hydrogens is 344 g/mol. The maximum absolute atomic E-state index is 10.7. The minimum atomic E-state index is -0.456. The zero-order chi connectivity index (χ0) is 17.2. The van der Waals surface area contributed by atoms with Gasteiger partial charge in [-0.15, -0.1) is 0 Å². The Bertz CT molecular complexity index is 1010. The van der Waals surface area contributed by atoms with E-state index in [1.54, 1.807) is 12.1 Å². The average Bonchev–Trinajstić information content (AvgIpc) is 3.26. The fourth-order valence-electron chi connectivity index (χ4n) is 2.20. The average molecular weight is 354 g/mol. The lowest BCUT2D eigenvalue weighted by Crippen LogP contribution is -1.88. The third kappa shape index (κ3) is 3.22. The van der Waals surface area contributed by atoms with Crippen molar-refractivity contribution in [2.75, 3.05) is 0 Å². The van der Waals surface area contributed by atoms with E-state index < -0.39 is 4.92 Å². The molecule has 4 rings (SSSR count). The second-order valence-electron chi connectivity index (χ2n) is 5.05. The summed E-state index contributed by atoms with van der Waals surface area (Å²) in [5.74, 6) is 1.20. The van der Waals surface area contributed by atoms with E-state index in [2.05, 4.69) is 15.1 Å². The Hall–Kier alpha value is -3.20. The van der Waals surface area contributed by atoms with Gasteiger partial charge in [-0.1, -0.05) is 29.1 Å². The minimum Gasteiger partial charge on any atom is -0.431 e. The molecule has 124 valence electrons. The fraction of sp³-hybridized carbons (Fsp3) is 0.0625. The molecule has 0 bridgehead atoms. The highest BCUT2D eigenvalue weighted by Crippen LogP contribution is 2.26. The number of nitrogens with zero attached hydrogens (tertiary/aromatic N) is 4. The number of para-hydroxylation sites is 2. The number of nitro benzene ring substituents is 1. The van der Waals surface area contributed by atoms with E-state index in [0.717, 1.165) is 11.1 Å². The SMILES string of the molecule is O=[N+]([O-])c1ccc(-c2noc(CSc3nc4ccccc4o3)n2)cc1. The molecule has 2 heterocycles. The molecule has 4 aromatic rings. The maximum atomic E-state index is 10.7. The van der Waals surface area contributed by atoms with Crippen LogP contribution in [-0.2, 0) is 5.75 Å². The molecule has 9 heteroatoms. The van der Waals surface area contributed by atoms with Crippen LogP contribution in [0.25, 0.3) is 22.5 Å². The van der Waals surface area contributed by atoms with E-state index in [1.165, 1.54) is 23.9 Å². The summed E-state index contributed by atoms with van der Waals surface area (Å²) in [7, 11) is 0. The zero-order valence-corrected chi connectivity index (χ0v) is 13.5. The number of thioether (sulfide) groups is 1. The quantitative estimate of drug-likeness (QED) is 0.300. The van der Waals surface area contributed by atoms with E-state index in [0.29, 0.717) is 28.3 Å². The Kier molecular flexibility index (Phi) is 3.90. The molecule has 0 saturated carbocycles. The van der Waals surface area contributed by atoms with E-state index in [4.69, 9.17) is 8.94 Å². The molecular formula is C16H10N4O4S. The van der Waals surface area contributed by atoms with Crippen molar-refractivity contribution in [2.24, 2.45) is 0 Å². The summed E-state index contributed by atoms with van der Waals surface area (Å²) >= 11 is 1.35. The molecule has 2 aromatic heterocycles. The van der Waals surface area contributed by atoms with Crippen LogP contribution in [0.4, 0.5) is 5.69 Å². The number of aromatic nitrogens is 3. The monoisotopic (exact) mass is 354 g/mol. The molecule has 0 unspecified atom stereocenters. The van der Waals surface area contributed by atoms with Crippen molar-refractivity contribution in [3.63, 3.8) is 0 Å². The Morgan fingerprint density at radius 2 is 1.88 bits per heavy atom. The predicted molar refractivity (Wildman–Crippen MR) is 90.0 cm³/mol. The van der Waals surface area contributed by atoms with Crippen LogP contribution in [0.2, 0.25) is 0 Å². The normalized spacial score (nSPS) is 11.0. The lowest BCUT2D eigenvalue weighted by molar-refractivity contribution is -0.384. The summed E-state index contributed by atoms with van der Waals surface area (Å²) in [5.41, 5.74) is 2.18. The summed E-state index contributed by atoms with van der Waals surface area (Å²) in [6, 6.07) is 13.5. The number of benzene rings is 2. The van der Waals surface area contributed by atoms with Gasteiger partial charge in [0.15, 0.2) is 5.58 Å². The first kappa shape index (κ1) is 15.3. The van der Waals surface area contributed by atoms with Crippen molar-refractivity contribution in [2.45, 2.75) is 11.0 Å². The summed E-state index contributed by atoms with van der Waals surface area (Å²) < 4.78 is 10.8. The molecule has 0 N–H and O–H groups in total. The predicted octanol–water partition coefficient (Wildman–Crippen LogP) is 4.08. The van der Waals surface area contributed by atoms with Crippen LogP contribution < -0.4 is 0 Å². The van der Waals surface area contributed by atoms with Gasteiger partial charge in [-0.05, 0) is 24.3 Å². The first-order valence-electron chi connectivity index (χ1n) is 7.25. The topological polar surface area (TPSA) is 108 Å². The van der Waals surface area contributed by atoms with Gasteiger partial charge < -0.3 is 8.94 Å². The van der Waals surface area contributed by atoms with Crippen LogP contribution in [-0.4, -0.2) is 20.0 Å². The highest BCUT2D eigenvalue weighted by molar-refractivity contribution is 7.98. The molecule has 0 saturated heterocycles. The maximum Gasteiger partial charge on any atom is 0.269 e. The summed E-state index contributed by atoms with van der Waals surface area (Å²) in [6.45, 7) is 0. The van der Waals surface area contributed by atoms with Crippen molar-refractivity contribution in [3.8, 4) is 11.4 Å². The lowest BCUT2D eigenvalue weighted by atomic mass is 10.2. The highest BCUT2D eigenvalue weighted by atomic mass is 32.2. The number of hydrogen-bond acceptors (Lipinski definition) is 8. The van der Waals surface area contributed by atoms with Crippen molar-refractivity contribution < 1.29 is 13.9 Å². The molecule has 25 heavy (non-hydrogen) atoms. The number of fused-ring (bicyclic) bond motifs is 1. The fourth-order valence-corrected chi connectivity index (χ4v) is 2.88.